The minimum absolute atomic E-state index is 0.0448. The van der Waals surface area contributed by atoms with E-state index in [9.17, 15) is 18.0 Å². The smallest absolute Gasteiger partial charge is 0.416 e. The molecule has 0 aromatic heterocycles. The second-order valence-electron chi connectivity index (χ2n) is 5.53. The zero-order chi connectivity index (χ0) is 15.8. The number of carboxylic acids is 1. The molecule has 0 heterocycles. The predicted octanol–water partition coefficient (Wildman–Crippen LogP) is 3.93. The summed E-state index contributed by atoms with van der Waals surface area (Å²) in [5.41, 5.74) is -0.0633. The SMILES string of the molecule is COc1cc(C(F)(F)F)ccc1C(C)CC1CC1C(=O)O. The monoisotopic (exact) mass is 302 g/mol. The summed E-state index contributed by atoms with van der Waals surface area (Å²) in [6.45, 7) is 1.88. The van der Waals surface area contributed by atoms with Crippen LogP contribution in [0, 0.1) is 11.8 Å². The normalized spacial score (nSPS) is 22.7. The number of halogens is 3. The molecular formula is C15H17F3O3. The molecule has 1 fully saturated rings. The Labute approximate surface area is 120 Å². The van der Waals surface area contributed by atoms with Crippen LogP contribution in [0.4, 0.5) is 13.2 Å². The molecular weight excluding hydrogens is 285 g/mol. The zero-order valence-corrected chi connectivity index (χ0v) is 11.8. The lowest BCUT2D eigenvalue weighted by Crippen LogP contribution is -2.07. The molecule has 3 atom stereocenters. The van der Waals surface area contributed by atoms with E-state index in [0.717, 1.165) is 12.1 Å². The first-order valence-corrected chi connectivity index (χ1v) is 6.72. The molecule has 3 nitrogen and oxygen atoms in total. The van der Waals surface area contributed by atoms with Gasteiger partial charge in [-0.05, 0) is 42.4 Å². The van der Waals surface area contributed by atoms with Crippen molar-refractivity contribution < 1.29 is 27.8 Å². The number of methoxy groups -OCH3 is 1. The van der Waals surface area contributed by atoms with Crippen molar-refractivity contribution in [1.82, 2.24) is 0 Å². The van der Waals surface area contributed by atoms with Crippen molar-refractivity contribution in [2.75, 3.05) is 7.11 Å². The van der Waals surface area contributed by atoms with Crippen LogP contribution in [0.1, 0.15) is 36.8 Å². The van der Waals surface area contributed by atoms with Gasteiger partial charge in [-0.2, -0.15) is 13.2 Å². The molecule has 1 N–H and O–H groups in total. The molecule has 3 unspecified atom stereocenters. The lowest BCUT2D eigenvalue weighted by Gasteiger charge is -2.17. The number of benzene rings is 1. The number of carboxylic acid groups (broad SMARTS) is 1. The van der Waals surface area contributed by atoms with Gasteiger partial charge in [-0.15, -0.1) is 0 Å². The van der Waals surface area contributed by atoms with Crippen molar-refractivity contribution in [3.8, 4) is 5.75 Å². The average molecular weight is 302 g/mol. The third kappa shape index (κ3) is 3.49. The number of alkyl halides is 3. The van der Waals surface area contributed by atoms with Gasteiger partial charge in [0.2, 0.25) is 0 Å². The van der Waals surface area contributed by atoms with Gasteiger partial charge >= 0.3 is 12.1 Å². The Kier molecular flexibility index (Phi) is 4.16. The van der Waals surface area contributed by atoms with Crippen LogP contribution in [0.5, 0.6) is 5.75 Å². The van der Waals surface area contributed by atoms with Crippen molar-refractivity contribution >= 4 is 5.97 Å². The van der Waals surface area contributed by atoms with Crippen LogP contribution in [0.15, 0.2) is 18.2 Å². The molecule has 0 spiro atoms. The second-order valence-corrected chi connectivity index (χ2v) is 5.53. The molecule has 0 saturated heterocycles. The Hall–Kier alpha value is -1.72. The Morgan fingerprint density at radius 2 is 2.14 bits per heavy atom. The van der Waals surface area contributed by atoms with Crippen molar-refractivity contribution in [1.29, 1.82) is 0 Å². The van der Waals surface area contributed by atoms with Crippen LogP contribution in [0.3, 0.4) is 0 Å². The highest BCUT2D eigenvalue weighted by Crippen LogP contribution is 2.46. The number of rotatable bonds is 5. The van der Waals surface area contributed by atoms with Gasteiger partial charge in [-0.1, -0.05) is 13.0 Å². The molecule has 0 amide bonds. The van der Waals surface area contributed by atoms with E-state index in [1.165, 1.54) is 13.2 Å². The first kappa shape index (κ1) is 15.7. The van der Waals surface area contributed by atoms with Gasteiger partial charge in [0.15, 0.2) is 0 Å². The van der Waals surface area contributed by atoms with E-state index < -0.39 is 17.7 Å². The van der Waals surface area contributed by atoms with E-state index in [1.54, 1.807) is 0 Å². The topological polar surface area (TPSA) is 46.5 Å². The lowest BCUT2D eigenvalue weighted by atomic mass is 9.93. The first-order valence-electron chi connectivity index (χ1n) is 6.72. The maximum Gasteiger partial charge on any atom is 0.416 e. The summed E-state index contributed by atoms with van der Waals surface area (Å²) in [4.78, 5) is 10.8. The molecule has 1 aliphatic carbocycles. The summed E-state index contributed by atoms with van der Waals surface area (Å²) in [5, 5.41) is 8.88. The summed E-state index contributed by atoms with van der Waals surface area (Å²) in [6.07, 6.45) is -3.12. The maximum absolute atomic E-state index is 12.7. The maximum atomic E-state index is 12.7. The van der Waals surface area contributed by atoms with Gasteiger partial charge in [0.25, 0.3) is 0 Å². The average Bonchev–Trinajstić information content (AvgIpc) is 3.16. The van der Waals surface area contributed by atoms with Gasteiger partial charge in [-0.3, -0.25) is 4.79 Å². The van der Waals surface area contributed by atoms with Crippen LogP contribution >= 0.6 is 0 Å². The Balaban J connectivity index is 2.14. The summed E-state index contributed by atoms with van der Waals surface area (Å²) >= 11 is 0. The van der Waals surface area contributed by atoms with E-state index >= 15 is 0 Å². The molecule has 6 heteroatoms. The third-order valence-electron chi connectivity index (χ3n) is 3.99. The Morgan fingerprint density at radius 1 is 1.48 bits per heavy atom. The molecule has 1 saturated carbocycles. The fraction of sp³-hybridized carbons (Fsp3) is 0.533. The van der Waals surface area contributed by atoms with Gasteiger partial charge in [0.1, 0.15) is 5.75 Å². The minimum Gasteiger partial charge on any atom is -0.496 e. The molecule has 1 aliphatic rings. The number of hydrogen-bond donors (Lipinski definition) is 1. The molecule has 116 valence electrons. The van der Waals surface area contributed by atoms with Crippen molar-refractivity contribution in [3.63, 3.8) is 0 Å². The Morgan fingerprint density at radius 3 is 2.62 bits per heavy atom. The first-order chi connectivity index (χ1) is 9.74. The number of hydrogen-bond acceptors (Lipinski definition) is 2. The van der Waals surface area contributed by atoms with E-state index in [2.05, 4.69) is 0 Å². The van der Waals surface area contributed by atoms with Gasteiger partial charge < -0.3 is 9.84 Å². The van der Waals surface area contributed by atoms with Gasteiger partial charge in [0.05, 0.1) is 18.6 Å². The largest absolute Gasteiger partial charge is 0.496 e. The van der Waals surface area contributed by atoms with E-state index in [1.807, 2.05) is 6.92 Å². The van der Waals surface area contributed by atoms with Crippen molar-refractivity contribution in [3.05, 3.63) is 29.3 Å². The van der Waals surface area contributed by atoms with Crippen LogP contribution < -0.4 is 4.74 Å². The van der Waals surface area contributed by atoms with E-state index in [-0.39, 0.29) is 23.5 Å². The van der Waals surface area contributed by atoms with Gasteiger partial charge in [0, 0.05) is 0 Å². The Bertz CT molecular complexity index is 539. The number of carbonyl (C=O) groups is 1. The van der Waals surface area contributed by atoms with Crippen molar-refractivity contribution in [2.24, 2.45) is 11.8 Å². The van der Waals surface area contributed by atoms with Crippen LogP contribution in [-0.4, -0.2) is 18.2 Å². The summed E-state index contributed by atoms with van der Waals surface area (Å²) < 4.78 is 43.1. The number of ether oxygens (including phenoxy) is 1. The molecule has 0 aliphatic heterocycles. The van der Waals surface area contributed by atoms with Gasteiger partial charge in [-0.25, -0.2) is 0 Å². The highest BCUT2D eigenvalue weighted by atomic mass is 19.4. The number of aliphatic carboxylic acids is 1. The summed E-state index contributed by atoms with van der Waals surface area (Å²) in [7, 11) is 1.34. The fourth-order valence-electron chi connectivity index (χ4n) is 2.69. The minimum atomic E-state index is -4.40. The molecule has 2 rings (SSSR count). The van der Waals surface area contributed by atoms with E-state index in [0.29, 0.717) is 18.4 Å². The molecule has 0 radical (unpaired) electrons. The quantitative estimate of drug-likeness (QED) is 0.896. The van der Waals surface area contributed by atoms with Crippen molar-refractivity contribution in [2.45, 2.75) is 31.9 Å². The molecule has 0 bridgehead atoms. The summed E-state index contributed by atoms with van der Waals surface area (Å²) in [6, 6.07) is 3.45. The van der Waals surface area contributed by atoms with Crippen LogP contribution in [0.2, 0.25) is 0 Å². The third-order valence-corrected chi connectivity index (χ3v) is 3.99. The zero-order valence-electron chi connectivity index (χ0n) is 11.8. The van der Waals surface area contributed by atoms with Crippen LogP contribution in [-0.2, 0) is 11.0 Å². The molecule has 1 aromatic carbocycles. The second kappa shape index (κ2) is 5.58. The highest BCUT2D eigenvalue weighted by molar-refractivity contribution is 5.73. The van der Waals surface area contributed by atoms with E-state index in [4.69, 9.17) is 9.84 Å². The molecule has 21 heavy (non-hydrogen) atoms. The highest BCUT2D eigenvalue weighted by Gasteiger charge is 2.43. The lowest BCUT2D eigenvalue weighted by molar-refractivity contribution is -0.139. The van der Waals surface area contributed by atoms with Crippen LogP contribution in [0.25, 0.3) is 0 Å². The fourth-order valence-corrected chi connectivity index (χ4v) is 2.69. The standard InChI is InChI=1S/C15H17F3O3/c1-8(5-9-6-12(9)14(19)20)11-4-3-10(15(16,17)18)7-13(11)21-2/h3-4,7-9,12H,5-6H2,1-2H3,(H,19,20). The molecule has 1 aromatic rings. The predicted molar refractivity (Wildman–Crippen MR) is 70.3 cm³/mol. The summed E-state index contributed by atoms with van der Waals surface area (Å²) in [5.74, 6) is -0.856.